The number of nitrogens with two attached hydrogens (primary N) is 1. The zero-order valence-electron chi connectivity index (χ0n) is 7.64. The topological polar surface area (TPSA) is 80.5 Å². The minimum absolute atomic E-state index is 0.717. The number of hydrogen-bond acceptors (Lipinski definition) is 5. The molecule has 0 amide bonds. The molecule has 3 aromatic rings. The second kappa shape index (κ2) is 3.03. The second-order valence-corrected chi connectivity index (χ2v) is 3.76. The van der Waals surface area contributed by atoms with Crippen molar-refractivity contribution in [3.8, 4) is 11.5 Å². The van der Waals surface area contributed by atoms with Crippen LogP contribution in [0.2, 0.25) is 0 Å². The second-order valence-electron chi connectivity index (χ2n) is 3.15. The highest BCUT2D eigenvalue weighted by Crippen LogP contribution is 2.20. The van der Waals surface area contributed by atoms with E-state index in [0.29, 0.717) is 5.69 Å². The van der Waals surface area contributed by atoms with Gasteiger partial charge in [0, 0.05) is 11.1 Å². The Morgan fingerprint density at radius 2 is 2.27 bits per heavy atom. The summed E-state index contributed by atoms with van der Waals surface area (Å²) in [6.07, 6.45) is 0. The summed E-state index contributed by atoms with van der Waals surface area (Å²) in [6.45, 7) is 0. The SMILES string of the molecule is Nc1ccc2nc(-c3csnn3)[nH]c2c1. The average Bonchev–Trinajstić information content (AvgIpc) is 2.84. The van der Waals surface area contributed by atoms with Gasteiger partial charge >= 0.3 is 0 Å². The largest absolute Gasteiger partial charge is 0.399 e. The molecule has 0 saturated carbocycles. The molecule has 0 aliphatic carbocycles. The molecule has 0 atom stereocenters. The standard InChI is InChI=1S/C9H7N5S/c10-5-1-2-6-7(3-5)12-9(11-6)8-4-15-14-13-8/h1-4H,10H2,(H,11,12). The van der Waals surface area contributed by atoms with Gasteiger partial charge < -0.3 is 10.7 Å². The molecule has 0 unspecified atom stereocenters. The van der Waals surface area contributed by atoms with Gasteiger partial charge in [-0.15, -0.1) is 5.10 Å². The molecule has 0 saturated heterocycles. The van der Waals surface area contributed by atoms with Gasteiger partial charge in [-0.05, 0) is 29.7 Å². The van der Waals surface area contributed by atoms with Crippen molar-refractivity contribution in [2.45, 2.75) is 0 Å². The molecule has 0 fully saturated rings. The third kappa shape index (κ3) is 1.35. The minimum atomic E-state index is 0.717. The normalized spacial score (nSPS) is 10.9. The summed E-state index contributed by atoms with van der Waals surface area (Å²) in [5.41, 5.74) is 8.95. The van der Waals surface area contributed by atoms with E-state index in [1.54, 1.807) is 0 Å². The Labute approximate surface area is 89.1 Å². The van der Waals surface area contributed by atoms with Gasteiger partial charge in [-0.3, -0.25) is 0 Å². The van der Waals surface area contributed by atoms with E-state index in [0.717, 1.165) is 22.6 Å². The first-order valence-corrected chi connectivity index (χ1v) is 5.19. The van der Waals surface area contributed by atoms with Gasteiger partial charge in [0.2, 0.25) is 0 Å². The maximum atomic E-state index is 5.68. The Morgan fingerprint density at radius 3 is 3.07 bits per heavy atom. The Bertz CT molecular complexity index is 598. The molecule has 74 valence electrons. The Hall–Kier alpha value is -1.95. The monoisotopic (exact) mass is 217 g/mol. The van der Waals surface area contributed by atoms with Crippen molar-refractivity contribution in [2.75, 3.05) is 5.73 Å². The van der Waals surface area contributed by atoms with Crippen LogP contribution in [0.3, 0.4) is 0 Å². The van der Waals surface area contributed by atoms with Crippen LogP contribution in [0.15, 0.2) is 23.6 Å². The molecule has 0 bridgehead atoms. The number of nitrogen functional groups attached to an aromatic ring is 1. The van der Waals surface area contributed by atoms with Gasteiger partial charge in [0.05, 0.1) is 11.0 Å². The van der Waals surface area contributed by atoms with Crippen LogP contribution < -0.4 is 5.73 Å². The lowest BCUT2D eigenvalue weighted by Gasteiger charge is -1.89. The van der Waals surface area contributed by atoms with E-state index >= 15 is 0 Å². The van der Waals surface area contributed by atoms with Crippen molar-refractivity contribution in [3.05, 3.63) is 23.6 Å². The fourth-order valence-electron chi connectivity index (χ4n) is 1.42. The fraction of sp³-hybridized carbons (Fsp3) is 0. The molecule has 3 rings (SSSR count). The van der Waals surface area contributed by atoms with E-state index in [-0.39, 0.29) is 0 Å². The molecule has 6 heteroatoms. The molecule has 1 aromatic carbocycles. The molecular formula is C9H7N5S. The molecule has 5 nitrogen and oxygen atoms in total. The first kappa shape index (κ1) is 8.37. The molecule has 0 aliphatic rings. The molecule has 3 N–H and O–H groups in total. The average molecular weight is 217 g/mol. The summed E-state index contributed by atoms with van der Waals surface area (Å²) in [7, 11) is 0. The van der Waals surface area contributed by atoms with Crippen molar-refractivity contribution < 1.29 is 0 Å². The van der Waals surface area contributed by atoms with Crippen LogP contribution in [-0.2, 0) is 0 Å². The van der Waals surface area contributed by atoms with Crippen molar-refractivity contribution in [1.82, 2.24) is 19.6 Å². The van der Waals surface area contributed by atoms with Crippen LogP contribution in [-0.4, -0.2) is 19.6 Å². The number of aromatic amines is 1. The lowest BCUT2D eigenvalue weighted by molar-refractivity contribution is 1.13. The molecule has 2 aromatic heterocycles. The number of nitrogens with zero attached hydrogens (tertiary/aromatic N) is 3. The Morgan fingerprint density at radius 1 is 1.33 bits per heavy atom. The Kier molecular flexibility index (Phi) is 1.69. The van der Waals surface area contributed by atoms with Crippen LogP contribution in [0.5, 0.6) is 0 Å². The summed E-state index contributed by atoms with van der Waals surface area (Å²) in [6, 6.07) is 5.56. The van der Waals surface area contributed by atoms with Crippen LogP contribution in [0.1, 0.15) is 0 Å². The smallest absolute Gasteiger partial charge is 0.160 e. The number of imidazole rings is 1. The third-order valence-corrected chi connectivity index (χ3v) is 2.61. The Balaban J connectivity index is 2.22. The highest BCUT2D eigenvalue weighted by atomic mass is 32.1. The highest BCUT2D eigenvalue weighted by Gasteiger charge is 2.07. The number of anilines is 1. The maximum Gasteiger partial charge on any atom is 0.160 e. The summed E-state index contributed by atoms with van der Waals surface area (Å²) < 4.78 is 3.79. The summed E-state index contributed by atoms with van der Waals surface area (Å²) in [5.74, 6) is 0.726. The lowest BCUT2D eigenvalue weighted by Crippen LogP contribution is -1.82. The molecule has 0 radical (unpaired) electrons. The van der Waals surface area contributed by atoms with E-state index < -0.39 is 0 Å². The quantitative estimate of drug-likeness (QED) is 0.607. The number of fused-ring (bicyclic) bond motifs is 1. The lowest BCUT2D eigenvalue weighted by atomic mass is 10.3. The number of aromatic nitrogens is 4. The summed E-state index contributed by atoms with van der Waals surface area (Å²) >= 11 is 1.30. The third-order valence-electron chi connectivity index (χ3n) is 2.11. The zero-order valence-corrected chi connectivity index (χ0v) is 8.45. The first-order chi connectivity index (χ1) is 7.33. The molecule has 0 aliphatic heterocycles. The van der Waals surface area contributed by atoms with Crippen molar-refractivity contribution in [1.29, 1.82) is 0 Å². The predicted molar refractivity (Wildman–Crippen MR) is 59.4 cm³/mol. The number of nitrogens with one attached hydrogen (secondary N) is 1. The number of benzene rings is 1. The van der Waals surface area contributed by atoms with Crippen LogP contribution in [0.4, 0.5) is 5.69 Å². The molecule has 0 spiro atoms. The zero-order chi connectivity index (χ0) is 10.3. The van der Waals surface area contributed by atoms with Gasteiger partial charge in [-0.25, -0.2) is 4.98 Å². The van der Waals surface area contributed by atoms with Crippen molar-refractivity contribution in [2.24, 2.45) is 0 Å². The molecule has 2 heterocycles. The predicted octanol–water partition coefficient (Wildman–Crippen LogP) is 1.66. The van der Waals surface area contributed by atoms with E-state index in [2.05, 4.69) is 19.6 Å². The van der Waals surface area contributed by atoms with Crippen LogP contribution in [0, 0.1) is 0 Å². The van der Waals surface area contributed by atoms with Gasteiger partial charge in [0.1, 0.15) is 5.69 Å². The van der Waals surface area contributed by atoms with Gasteiger partial charge in [0.25, 0.3) is 0 Å². The molecule has 15 heavy (non-hydrogen) atoms. The molecular weight excluding hydrogens is 210 g/mol. The van der Waals surface area contributed by atoms with Crippen molar-refractivity contribution >= 4 is 28.3 Å². The highest BCUT2D eigenvalue weighted by molar-refractivity contribution is 7.03. The maximum absolute atomic E-state index is 5.68. The van der Waals surface area contributed by atoms with E-state index in [1.807, 2.05) is 23.6 Å². The summed E-state index contributed by atoms with van der Waals surface area (Å²) in [4.78, 5) is 7.54. The number of H-pyrrole nitrogens is 1. The number of rotatable bonds is 1. The van der Waals surface area contributed by atoms with Crippen LogP contribution in [0.25, 0.3) is 22.6 Å². The first-order valence-electron chi connectivity index (χ1n) is 4.35. The van der Waals surface area contributed by atoms with Crippen molar-refractivity contribution in [3.63, 3.8) is 0 Å². The minimum Gasteiger partial charge on any atom is -0.399 e. The fourth-order valence-corrected chi connectivity index (χ4v) is 1.86. The van der Waals surface area contributed by atoms with E-state index in [9.17, 15) is 0 Å². The van der Waals surface area contributed by atoms with Gasteiger partial charge in [-0.2, -0.15) is 0 Å². The van der Waals surface area contributed by atoms with E-state index in [4.69, 9.17) is 5.73 Å². The van der Waals surface area contributed by atoms with Gasteiger partial charge in [0.15, 0.2) is 5.82 Å². The van der Waals surface area contributed by atoms with Crippen LogP contribution >= 0.6 is 11.5 Å². The van der Waals surface area contributed by atoms with Gasteiger partial charge in [-0.1, -0.05) is 4.49 Å². The van der Waals surface area contributed by atoms with E-state index in [1.165, 1.54) is 11.5 Å². The number of hydrogen-bond donors (Lipinski definition) is 2. The summed E-state index contributed by atoms with van der Waals surface area (Å²) in [5, 5.41) is 5.80.